The second-order valence-electron chi connectivity index (χ2n) is 3.23. The van der Waals surface area contributed by atoms with Crippen LogP contribution in [-0.4, -0.2) is 8.76 Å². The van der Waals surface area contributed by atoms with Crippen molar-refractivity contribution >= 4 is 34.6 Å². The summed E-state index contributed by atoms with van der Waals surface area (Å²) in [7, 11) is 0. The van der Waals surface area contributed by atoms with Crippen molar-refractivity contribution in [3.63, 3.8) is 0 Å². The molecule has 1 aromatic rings. The highest BCUT2D eigenvalue weighted by molar-refractivity contribution is 7.74. The van der Waals surface area contributed by atoms with Gasteiger partial charge in [0.15, 0.2) is 5.75 Å². The van der Waals surface area contributed by atoms with Crippen LogP contribution in [0.25, 0.3) is 0 Å². The maximum absolute atomic E-state index is 10.5. The third kappa shape index (κ3) is 3.08. The number of benzene rings is 1. The van der Waals surface area contributed by atoms with Crippen molar-refractivity contribution in [2.75, 3.05) is 0 Å². The first-order valence-corrected chi connectivity index (χ1v) is 5.99. The molecule has 0 saturated heterocycles. The molecule has 6 heteroatoms. The molecule has 1 unspecified atom stereocenters. The highest BCUT2D eigenvalue weighted by Gasteiger charge is 2.15. The van der Waals surface area contributed by atoms with E-state index in [1.54, 1.807) is 6.07 Å². The lowest BCUT2D eigenvalue weighted by atomic mass is 10.0. The molecular weight excluding hydrogens is 259 g/mol. The second-order valence-corrected chi connectivity index (χ2v) is 4.61. The lowest BCUT2D eigenvalue weighted by molar-refractivity contribution is 0.457. The predicted octanol–water partition coefficient (Wildman–Crippen LogP) is 3.63. The van der Waals surface area contributed by atoms with Crippen molar-refractivity contribution in [1.29, 1.82) is 0 Å². The van der Waals surface area contributed by atoms with E-state index in [4.69, 9.17) is 27.8 Å². The van der Waals surface area contributed by atoms with Crippen LogP contribution in [0, 0.1) is 0 Å². The molecule has 0 amide bonds. The van der Waals surface area contributed by atoms with Gasteiger partial charge in [-0.1, -0.05) is 37.0 Å². The monoisotopic (exact) mass is 268 g/mol. The standard InChI is InChI=1S/C9H10Cl2O3S/c1-5(2)8-6(10)3-4-7(9(8)11)14-15(12)13/h3-5H,1-2H3,(H,12,13). The van der Waals surface area contributed by atoms with Gasteiger partial charge in [0.25, 0.3) is 0 Å². The fourth-order valence-corrected chi connectivity index (χ4v) is 2.40. The molecule has 1 N–H and O–H groups in total. The first-order valence-electron chi connectivity index (χ1n) is 4.20. The van der Waals surface area contributed by atoms with E-state index in [0.29, 0.717) is 10.6 Å². The topological polar surface area (TPSA) is 46.5 Å². The molecule has 0 heterocycles. The number of rotatable bonds is 3. The van der Waals surface area contributed by atoms with Crippen LogP contribution in [0.4, 0.5) is 0 Å². The molecule has 1 rings (SSSR count). The van der Waals surface area contributed by atoms with Crippen molar-refractivity contribution in [3.8, 4) is 5.75 Å². The number of hydrogen-bond acceptors (Lipinski definition) is 2. The Morgan fingerprint density at radius 1 is 1.40 bits per heavy atom. The molecule has 84 valence electrons. The fraction of sp³-hybridized carbons (Fsp3) is 0.333. The van der Waals surface area contributed by atoms with E-state index in [-0.39, 0.29) is 16.7 Å². The zero-order chi connectivity index (χ0) is 11.6. The van der Waals surface area contributed by atoms with Crippen LogP contribution in [0.2, 0.25) is 10.0 Å². The van der Waals surface area contributed by atoms with Crippen LogP contribution in [0.1, 0.15) is 25.3 Å². The Balaban J connectivity index is 3.22. The van der Waals surface area contributed by atoms with Crippen LogP contribution in [0.15, 0.2) is 12.1 Å². The van der Waals surface area contributed by atoms with Gasteiger partial charge in [-0.15, -0.1) is 0 Å². The minimum Gasteiger partial charge on any atom is -0.379 e. The van der Waals surface area contributed by atoms with Gasteiger partial charge in [-0.3, -0.25) is 4.55 Å². The molecular formula is C9H10Cl2O3S. The van der Waals surface area contributed by atoms with Crippen molar-refractivity contribution in [2.24, 2.45) is 0 Å². The van der Waals surface area contributed by atoms with Gasteiger partial charge in [-0.25, -0.2) is 0 Å². The summed E-state index contributed by atoms with van der Waals surface area (Å²) in [4.78, 5) is 0. The third-order valence-electron chi connectivity index (χ3n) is 1.83. The van der Waals surface area contributed by atoms with E-state index in [1.165, 1.54) is 6.07 Å². The molecule has 3 nitrogen and oxygen atoms in total. The summed E-state index contributed by atoms with van der Waals surface area (Å²) in [6.07, 6.45) is 0. The van der Waals surface area contributed by atoms with Gasteiger partial charge in [0.1, 0.15) is 0 Å². The lowest BCUT2D eigenvalue weighted by Crippen LogP contribution is -2.00. The lowest BCUT2D eigenvalue weighted by Gasteiger charge is -2.13. The van der Waals surface area contributed by atoms with Crippen molar-refractivity contribution < 1.29 is 12.9 Å². The summed E-state index contributed by atoms with van der Waals surface area (Å²) < 4.78 is 23.7. The Morgan fingerprint density at radius 3 is 2.47 bits per heavy atom. The summed E-state index contributed by atoms with van der Waals surface area (Å²) in [6, 6.07) is 3.05. The molecule has 0 radical (unpaired) electrons. The SMILES string of the molecule is CC(C)c1c(Cl)ccc(OS(=O)O)c1Cl. The summed E-state index contributed by atoms with van der Waals surface area (Å²) in [6.45, 7) is 3.85. The normalized spacial score (nSPS) is 12.9. The second kappa shape index (κ2) is 5.16. The maximum atomic E-state index is 10.5. The van der Waals surface area contributed by atoms with Crippen molar-refractivity contribution in [2.45, 2.75) is 19.8 Å². The summed E-state index contributed by atoms with van der Waals surface area (Å²) in [5.74, 6) is 0.270. The van der Waals surface area contributed by atoms with Gasteiger partial charge in [-0.2, -0.15) is 4.21 Å². The van der Waals surface area contributed by atoms with E-state index in [1.807, 2.05) is 13.8 Å². The molecule has 15 heavy (non-hydrogen) atoms. The smallest absolute Gasteiger partial charge is 0.357 e. The van der Waals surface area contributed by atoms with E-state index in [0.717, 1.165) is 0 Å². The number of hydrogen-bond donors (Lipinski definition) is 1. The van der Waals surface area contributed by atoms with Gasteiger partial charge in [0, 0.05) is 5.02 Å². The Bertz CT molecular complexity index is 393. The Hall–Kier alpha value is -0.290. The predicted molar refractivity (Wildman–Crippen MR) is 62.0 cm³/mol. The molecule has 0 saturated carbocycles. The van der Waals surface area contributed by atoms with Crippen LogP contribution in [-0.2, 0) is 11.4 Å². The quantitative estimate of drug-likeness (QED) is 0.852. The summed E-state index contributed by atoms with van der Waals surface area (Å²) in [5.41, 5.74) is 0.710. The van der Waals surface area contributed by atoms with E-state index >= 15 is 0 Å². The van der Waals surface area contributed by atoms with E-state index < -0.39 is 11.4 Å². The Morgan fingerprint density at radius 2 is 2.00 bits per heavy atom. The van der Waals surface area contributed by atoms with Crippen LogP contribution < -0.4 is 4.18 Å². The maximum Gasteiger partial charge on any atom is 0.357 e. The molecule has 0 fully saturated rings. The van der Waals surface area contributed by atoms with Gasteiger partial charge in [0.2, 0.25) is 0 Å². The molecule has 1 atom stereocenters. The summed E-state index contributed by atoms with van der Waals surface area (Å²) in [5, 5.41) is 0.797. The van der Waals surface area contributed by atoms with E-state index in [2.05, 4.69) is 4.18 Å². The number of halogens is 2. The molecule has 0 aliphatic carbocycles. The largest absolute Gasteiger partial charge is 0.379 e. The highest BCUT2D eigenvalue weighted by atomic mass is 35.5. The first kappa shape index (κ1) is 12.8. The zero-order valence-electron chi connectivity index (χ0n) is 8.16. The van der Waals surface area contributed by atoms with Crippen molar-refractivity contribution in [1.82, 2.24) is 0 Å². The Labute approximate surface area is 101 Å². The van der Waals surface area contributed by atoms with Crippen LogP contribution >= 0.6 is 23.2 Å². The Kier molecular flexibility index (Phi) is 4.40. The minimum atomic E-state index is -2.38. The third-order valence-corrected chi connectivity index (χ3v) is 2.87. The van der Waals surface area contributed by atoms with Crippen molar-refractivity contribution in [3.05, 3.63) is 27.7 Å². The molecule has 1 aromatic carbocycles. The minimum absolute atomic E-state index is 0.112. The zero-order valence-corrected chi connectivity index (χ0v) is 10.5. The average molecular weight is 269 g/mol. The first-order chi connectivity index (χ1) is 6.93. The molecule has 0 bridgehead atoms. The van der Waals surface area contributed by atoms with Gasteiger partial charge < -0.3 is 4.18 Å². The average Bonchev–Trinajstić information content (AvgIpc) is 2.09. The molecule has 0 spiro atoms. The van der Waals surface area contributed by atoms with Crippen LogP contribution in [0.3, 0.4) is 0 Å². The fourth-order valence-electron chi connectivity index (χ4n) is 1.22. The van der Waals surface area contributed by atoms with Gasteiger partial charge in [-0.05, 0) is 23.6 Å². The van der Waals surface area contributed by atoms with Crippen LogP contribution in [0.5, 0.6) is 5.75 Å². The van der Waals surface area contributed by atoms with Gasteiger partial charge in [0.05, 0.1) is 5.02 Å². The molecule has 0 aromatic heterocycles. The molecule has 0 aliphatic rings. The molecule has 0 aliphatic heterocycles. The van der Waals surface area contributed by atoms with E-state index in [9.17, 15) is 4.21 Å². The van der Waals surface area contributed by atoms with Gasteiger partial charge >= 0.3 is 11.4 Å². The summed E-state index contributed by atoms with van der Waals surface area (Å²) >= 11 is 9.57. The highest BCUT2D eigenvalue weighted by Crippen LogP contribution is 2.37.